The van der Waals surface area contributed by atoms with Crippen LogP contribution in [0.15, 0.2) is 24.4 Å². The molecule has 1 aromatic heterocycles. The molecule has 1 fully saturated rings. The van der Waals surface area contributed by atoms with E-state index in [9.17, 15) is 9.59 Å². The van der Waals surface area contributed by atoms with E-state index < -0.39 is 18.2 Å². The Balaban J connectivity index is 1.90. The molecule has 2 N–H and O–H groups in total. The lowest BCUT2D eigenvalue weighted by molar-refractivity contribution is -0.151. The minimum Gasteiger partial charge on any atom is -0.479 e. The van der Waals surface area contributed by atoms with Crippen molar-refractivity contribution in [2.75, 3.05) is 0 Å². The molecule has 6 heteroatoms. The summed E-state index contributed by atoms with van der Waals surface area (Å²) >= 11 is 0. The van der Waals surface area contributed by atoms with Gasteiger partial charge in [-0.2, -0.15) is 0 Å². The summed E-state index contributed by atoms with van der Waals surface area (Å²) in [6, 6.07) is 5.23. The molecule has 102 valence electrons. The van der Waals surface area contributed by atoms with Crippen molar-refractivity contribution in [3.8, 4) is 0 Å². The molecule has 0 radical (unpaired) electrons. The Morgan fingerprint density at radius 1 is 1.42 bits per heavy atom. The van der Waals surface area contributed by atoms with Crippen LogP contribution in [0.1, 0.15) is 31.5 Å². The third-order valence-corrected chi connectivity index (χ3v) is 3.08. The second-order valence-electron chi connectivity index (χ2n) is 4.51. The fourth-order valence-corrected chi connectivity index (χ4v) is 2.02. The molecule has 1 saturated heterocycles. The highest BCUT2D eigenvalue weighted by Crippen LogP contribution is 2.21. The summed E-state index contributed by atoms with van der Waals surface area (Å²) < 4.78 is 5.19. The largest absolute Gasteiger partial charge is 0.479 e. The molecule has 1 aromatic rings. The lowest BCUT2D eigenvalue weighted by Gasteiger charge is -2.16. The molecule has 0 bridgehead atoms. The molecule has 3 atom stereocenters. The number of aliphatic carboxylic acids is 1. The third-order valence-electron chi connectivity index (χ3n) is 3.08. The van der Waals surface area contributed by atoms with Crippen molar-refractivity contribution >= 4 is 11.9 Å². The number of carbonyl (C=O) groups is 2. The maximum Gasteiger partial charge on any atom is 0.332 e. The number of carboxylic acids is 1. The average Bonchev–Trinajstić information content (AvgIpc) is 2.89. The second-order valence-corrected chi connectivity index (χ2v) is 4.51. The highest BCUT2D eigenvalue weighted by molar-refractivity contribution is 5.82. The van der Waals surface area contributed by atoms with E-state index in [1.807, 2.05) is 19.1 Å². The zero-order valence-electron chi connectivity index (χ0n) is 10.6. The fraction of sp³-hybridized carbons (Fsp3) is 0.462. The Hall–Kier alpha value is -1.95. The van der Waals surface area contributed by atoms with Gasteiger partial charge in [-0.15, -0.1) is 0 Å². The van der Waals surface area contributed by atoms with Gasteiger partial charge in [-0.25, -0.2) is 4.79 Å². The standard InChI is InChI=1S/C13H16N2O4/c1-8(9-4-2-3-7-14-9)15-12(16)10-5-6-11(19-10)13(17)18/h2-4,7-8,10-11H,5-6H2,1H3,(H,15,16)(H,17,18)/t8-,10?,11?/m0/s1. The summed E-state index contributed by atoms with van der Waals surface area (Å²) in [6.07, 6.45) is 0.890. The van der Waals surface area contributed by atoms with Crippen LogP contribution in [0, 0.1) is 0 Å². The minimum atomic E-state index is -1.02. The number of rotatable bonds is 4. The van der Waals surface area contributed by atoms with Crippen molar-refractivity contribution in [2.45, 2.75) is 38.0 Å². The molecule has 1 aliphatic rings. The number of hydrogen-bond donors (Lipinski definition) is 2. The molecule has 2 heterocycles. The highest BCUT2D eigenvalue weighted by atomic mass is 16.5. The van der Waals surface area contributed by atoms with Crippen molar-refractivity contribution in [1.82, 2.24) is 10.3 Å². The molecular formula is C13H16N2O4. The van der Waals surface area contributed by atoms with Gasteiger partial charge in [0.15, 0.2) is 6.10 Å². The summed E-state index contributed by atoms with van der Waals surface area (Å²) in [4.78, 5) is 26.8. The van der Waals surface area contributed by atoms with Crippen LogP contribution in [-0.2, 0) is 14.3 Å². The van der Waals surface area contributed by atoms with Crippen LogP contribution in [0.3, 0.4) is 0 Å². The van der Waals surface area contributed by atoms with Gasteiger partial charge >= 0.3 is 5.97 Å². The van der Waals surface area contributed by atoms with Crippen molar-refractivity contribution in [2.24, 2.45) is 0 Å². The van der Waals surface area contributed by atoms with Gasteiger partial charge in [0.1, 0.15) is 6.10 Å². The number of hydrogen-bond acceptors (Lipinski definition) is 4. The summed E-state index contributed by atoms with van der Waals surface area (Å²) in [5.74, 6) is -1.31. The van der Waals surface area contributed by atoms with Crippen molar-refractivity contribution in [1.29, 1.82) is 0 Å². The number of amides is 1. The quantitative estimate of drug-likeness (QED) is 0.843. The lowest BCUT2D eigenvalue weighted by atomic mass is 10.1. The van der Waals surface area contributed by atoms with Crippen LogP contribution in [0.5, 0.6) is 0 Å². The number of nitrogens with one attached hydrogen (secondary N) is 1. The summed E-state index contributed by atoms with van der Waals surface area (Å²) in [7, 11) is 0. The number of nitrogens with zero attached hydrogens (tertiary/aromatic N) is 1. The Morgan fingerprint density at radius 2 is 2.16 bits per heavy atom. The average molecular weight is 264 g/mol. The monoisotopic (exact) mass is 264 g/mol. The minimum absolute atomic E-state index is 0.235. The molecule has 0 saturated carbocycles. The Kier molecular flexibility index (Phi) is 4.11. The molecule has 1 amide bonds. The molecule has 2 unspecified atom stereocenters. The smallest absolute Gasteiger partial charge is 0.332 e. The van der Waals surface area contributed by atoms with E-state index in [-0.39, 0.29) is 11.9 Å². The van der Waals surface area contributed by atoms with Gasteiger partial charge in [-0.3, -0.25) is 9.78 Å². The lowest BCUT2D eigenvalue weighted by Crippen LogP contribution is -2.37. The topological polar surface area (TPSA) is 88.5 Å². The van der Waals surface area contributed by atoms with E-state index >= 15 is 0 Å². The predicted molar refractivity (Wildman–Crippen MR) is 66.3 cm³/mol. The maximum absolute atomic E-state index is 11.9. The number of carbonyl (C=O) groups excluding carboxylic acids is 1. The number of ether oxygens (including phenoxy) is 1. The first kappa shape index (κ1) is 13.5. The SMILES string of the molecule is C[C@H](NC(=O)C1CCC(C(=O)O)O1)c1ccccn1. The van der Waals surface area contributed by atoms with Crippen LogP contribution in [-0.4, -0.2) is 34.2 Å². The normalized spacial score (nSPS) is 23.8. The molecule has 1 aliphatic heterocycles. The van der Waals surface area contributed by atoms with Gasteiger partial charge in [0.25, 0.3) is 0 Å². The van der Waals surface area contributed by atoms with Crippen LogP contribution in [0.4, 0.5) is 0 Å². The molecule has 19 heavy (non-hydrogen) atoms. The first-order chi connectivity index (χ1) is 9.08. The van der Waals surface area contributed by atoms with E-state index in [0.717, 1.165) is 5.69 Å². The van der Waals surface area contributed by atoms with Crippen LogP contribution in [0.25, 0.3) is 0 Å². The van der Waals surface area contributed by atoms with Gasteiger partial charge < -0.3 is 15.2 Å². The van der Waals surface area contributed by atoms with Crippen molar-refractivity contribution in [3.63, 3.8) is 0 Å². The van der Waals surface area contributed by atoms with Gasteiger partial charge in [-0.1, -0.05) is 6.07 Å². The highest BCUT2D eigenvalue weighted by Gasteiger charge is 2.35. The van der Waals surface area contributed by atoms with Crippen molar-refractivity contribution < 1.29 is 19.4 Å². The van der Waals surface area contributed by atoms with Crippen molar-refractivity contribution in [3.05, 3.63) is 30.1 Å². The molecule has 6 nitrogen and oxygen atoms in total. The van der Waals surface area contributed by atoms with Gasteiger partial charge in [0.05, 0.1) is 11.7 Å². The number of carboxylic acid groups (broad SMARTS) is 1. The molecule has 0 aromatic carbocycles. The van der Waals surface area contributed by atoms with Crippen LogP contribution in [0.2, 0.25) is 0 Å². The molecular weight excluding hydrogens is 248 g/mol. The number of aromatic nitrogens is 1. The summed E-state index contributed by atoms with van der Waals surface area (Å²) in [6.45, 7) is 1.82. The Morgan fingerprint density at radius 3 is 2.74 bits per heavy atom. The first-order valence-electron chi connectivity index (χ1n) is 6.17. The van der Waals surface area contributed by atoms with Gasteiger partial charge in [-0.05, 0) is 31.9 Å². The van der Waals surface area contributed by atoms with E-state index in [1.54, 1.807) is 12.3 Å². The fourth-order valence-electron chi connectivity index (χ4n) is 2.02. The summed E-state index contributed by atoms with van der Waals surface area (Å²) in [5.41, 5.74) is 0.753. The zero-order valence-corrected chi connectivity index (χ0v) is 10.6. The van der Waals surface area contributed by atoms with Crippen LogP contribution < -0.4 is 5.32 Å². The number of pyridine rings is 1. The van der Waals surface area contributed by atoms with Crippen LogP contribution >= 0.6 is 0 Å². The first-order valence-corrected chi connectivity index (χ1v) is 6.17. The second kappa shape index (κ2) is 5.79. The zero-order chi connectivity index (χ0) is 13.8. The van der Waals surface area contributed by atoms with Gasteiger partial charge in [0.2, 0.25) is 5.91 Å². The molecule has 0 spiro atoms. The predicted octanol–water partition coefficient (Wildman–Crippen LogP) is 0.891. The van der Waals surface area contributed by atoms with Gasteiger partial charge in [0, 0.05) is 6.20 Å². The maximum atomic E-state index is 11.9. The van der Waals surface area contributed by atoms with E-state index in [1.165, 1.54) is 0 Å². The molecule has 0 aliphatic carbocycles. The van der Waals surface area contributed by atoms with E-state index in [2.05, 4.69) is 10.3 Å². The van der Waals surface area contributed by atoms with E-state index in [4.69, 9.17) is 9.84 Å². The Bertz CT molecular complexity index is 463. The van der Waals surface area contributed by atoms with E-state index in [0.29, 0.717) is 12.8 Å². The third kappa shape index (κ3) is 3.29. The molecule has 2 rings (SSSR count). The Labute approximate surface area is 110 Å². The summed E-state index contributed by atoms with van der Waals surface area (Å²) in [5, 5.41) is 11.6.